The number of rotatable bonds is 5. The molecule has 10 heteroatoms. The summed E-state index contributed by atoms with van der Waals surface area (Å²) in [6.07, 6.45) is 0. The van der Waals surface area contributed by atoms with Crippen LogP contribution in [0.5, 0.6) is 0 Å². The van der Waals surface area contributed by atoms with Crippen LogP contribution >= 0.6 is 23.9 Å². The highest BCUT2D eigenvalue weighted by molar-refractivity contribution is 8.02. The molecule has 0 fully saturated rings. The second-order valence-corrected chi connectivity index (χ2v) is 6.19. The molecule has 0 atom stereocenters. The molecule has 0 unspecified atom stereocenters. The molecule has 0 aromatic rings. The molecule has 0 spiro atoms. The van der Waals surface area contributed by atoms with E-state index >= 15 is 0 Å². The maximum absolute atomic E-state index is 10.9. The molecule has 2 heterocycles. The lowest BCUT2D eigenvalue weighted by Crippen LogP contribution is -2.36. The molecule has 0 aromatic carbocycles. The Bertz CT molecular complexity index is 473. The van der Waals surface area contributed by atoms with Crippen molar-refractivity contribution in [2.75, 3.05) is 13.1 Å². The number of hydrogen-bond acceptors (Lipinski definition) is 8. The van der Waals surface area contributed by atoms with Crippen molar-refractivity contribution in [1.29, 1.82) is 0 Å². The normalized spacial score (nSPS) is 20.3. The van der Waals surface area contributed by atoms with E-state index in [4.69, 9.17) is 10.2 Å². The smallest absolute Gasteiger partial charge is 0.345 e. The zero-order valence-corrected chi connectivity index (χ0v) is 12.5. The third-order valence-electron chi connectivity index (χ3n) is 2.56. The first-order chi connectivity index (χ1) is 9.38. The van der Waals surface area contributed by atoms with Crippen LogP contribution in [-0.4, -0.2) is 44.1 Å². The monoisotopic (exact) mass is 318 g/mol. The van der Waals surface area contributed by atoms with Crippen molar-refractivity contribution in [3.8, 4) is 0 Å². The van der Waals surface area contributed by atoms with Gasteiger partial charge in [0.05, 0.1) is 0 Å². The van der Waals surface area contributed by atoms with Gasteiger partial charge in [-0.05, 0) is 37.7 Å². The first kappa shape index (κ1) is 15.0. The summed E-state index contributed by atoms with van der Waals surface area (Å²) in [6.45, 7) is 4.46. The van der Waals surface area contributed by atoms with Gasteiger partial charge in [0.15, 0.2) is 0 Å². The number of hydrogen-bond donors (Lipinski definition) is 4. The number of carboxylic acid groups (broad SMARTS) is 2. The predicted molar refractivity (Wildman–Crippen MR) is 75.5 cm³/mol. The van der Waals surface area contributed by atoms with E-state index in [0.717, 1.165) is 23.9 Å². The van der Waals surface area contributed by atoms with Crippen molar-refractivity contribution in [1.82, 2.24) is 19.7 Å². The summed E-state index contributed by atoms with van der Waals surface area (Å²) in [4.78, 5) is 22.4. The zero-order valence-electron chi connectivity index (χ0n) is 10.8. The van der Waals surface area contributed by atoms with Crippen LogP contribution in [0.4, 0.5) is 0 Å². The summed E-state index contributed by atoms with van der Waals surface area (Å²) in [5.41, 5.74) is 7.12. The van der Waals surface area contributed by atoms with Crippen LogP contribution in [-0.2, 0) is 9.59 Å². The van der Waals surface area contributed by atoms with E-state index in [2.05, 4.69) is 10.9 Å². The lowest BCUT2D eigenvalue weighted by molar-refractivity contribution is -0.132. The van der Waals surface area contributed by atoms with Gasteiger partial charge in [-0.15, -0.1) is 0 Å². The zero-order chi connectivity index (χ0) is 14.9. The van der Waals surface area contributed by atoms with Crippen molar-refractivity contribution in [2.45, 2.75) is 13.8 Å². The third kappa shape index (κ3) is 3.20. The summed E-state index contributed by atoms with van der Waals surface area (Å²) >= 11 is 2.25. The number of nitrogens with zero attached hydrogens (tertiary/aromatic N) is 2. The van der Waals surface area contributed by atoms with Gasteiger partial charge in [0.2, 0.25) is 0 Å². The molecule has 0 radical (unpaired) electrons. The molecule has 0 aliphatic carbocycles. The standard InChI is InChI=1S/C10H14N4O4S2/c1-5-7(9(15)16)19-13(11-5)3-4-14-12-6(2)8(20-14)10(17)18/h11-12H,3-4H2,1-2H3,(H,15,16)(H,17,18). The van der Waals surface area contributed by atoms with Gasteiger partial charge in [0.1, 0.15) is 9.81 Å². The molecule has 8 nitrogen and oxygen atoms in total. The molecule has 0 saturated carbocycles. The van der Waals surface area contributed by atoms with Crippen LogP contribution < -0.4 is 10.9 Å². The fourth-order valence-electron chi connectivity index (χ4n) is 1.66. The highest BCUT2D eigenvalue weighted by Gasteiger charge is 2.28. The maximum Gasteiger partial charge on any atom is 0.345 e. The van der Waals surface area contributed by atoms with Crippen LogP contribution in [0, 0.1) is 0 Å². The van der Waals surface area contributed by atoms with Crippen LogP contribution in [0.1, 0.15) is 13.8 Å². The van der Waals surface area contributed by atoms with Gasteiger partial charge >= 0.3 is 11.9 Å². The van der Waals surface area contributed by atoms with E-state index in [1.807, 2.05) is 0 Å². The molecule has 0 amide bonds. The Labute approximate surface area is 124 Å². The van der Waals surface area contributed by atoms with Gasteiger partial charge in [0, 0.05) is 24.5 Å². The molecular weight excluding hydrogens is 304 g/mol. The first-order valence-electron chi connectivity index (χ1n) is 5.71. The molecule has 20 heavy (non-hydrogen) atoms. The van der Waals surface area contributed by atoms with E-state index in [1.54, 1.807) is 22.7 Å². The summed E-state index contributed by atoms with van der Waals surface area (Å²) in [5.74, 6) is -1.91. The molecule has 0 aromatic heterocycles. The van der Waals surface area contributed by atoms with Gasteiger partial charge in [-0.2, -0.15) is 8.83 Å². The second-order valence-electron chi connectivity index (χ2n) is 4.13. The second kappa shape index (κ2) is 5.95. The molecule has 0 bridgehead atoms. The van der Waals surface area contributed by atoms with Crippen molar-refractivity contribution < 1.29 is 19.8 Å². The molecule has 0 saturated heterocycles. The summed E-state index contributed by atoms with van der Waals surface area (Å²) in [5, 5.41) is 17.9. The number of carboxylic acids is 2. The number of aliphatic carboxylic acids is 2. The van der Waals surface area contributed by atoms with Gasteiger partial charge in [-0.25, -0.2) is 9.59 Å². The third-order valence-corrected chi connectivity index (χ3v) is 4.88. The Balaban J connectivity index is 1.80. The van der Waals surface area contributed by atoms with Gasteiger partial charge < -0.3 is 21.1 Å². The number of allylic oxidation sites excluding steroid dienone is 2. The molecule has 2 aliphatic rings. The molecule has 2 aliphatic heterocycles. The quantitative estimate of drug-likeness (QED) is 0.537. The predicted octanol–water partition coefficient (Wildman–Crippen LogP) is 0.555. The highest BCUT2D eigenvalue weighted by Crippen LogP contribution is 2.31. The molecule has 110 valence electrons. The van der Waals surface area contributed by atoms with Gasteiger partial charge in [-0.1, -0.05) is 0 Å². The highest BCUT2D eigenvalue weighted by atomic mass is 32.2. The SMILES string of the molecule is CC1=C(C(=O)O)SN(CCN2NC(C)=C(C(=O)O)S2)N1. The first-order valence-corrected chi connectivity index (χ1v) is 7.26. The van der Waals surface area contributed by atoms with E-state index in [1.165, 1.54) is 0 Å². The minimum Gasteiger partial charge on any atom is -0.477 e. The van der Waals surface area contributed by atoms with Crippen LogP contribution in [0.2, 0.25) is 0 Å². The van der Waals surface area contributed by atoms with Gasteiger partial charge in [-0.3, -0.25) is 0 Å². The van der Waals surface area contributed by atoms with Crippen LogP contribution in [0.3, 0.4) is 0 Å². The molecular formula is C10H14N4O4S2. The van der Waals surface area contributed by atoms with Gasteiger partial charge in [0.25, 0.3) is 0 Å². The summed E-state index contributed by atoms with van der Waals surface area (Å²) in [7, 11) is 0. The molecule has 4 N–H and O–H groups in total. The van der Waals surface area contributed by atoms with Crippen LogP contribution in [0.15, 0.2) is 21.2 Å². The fourth-order valence-corrected chi connectivity index (χ4v) is 3.34. The Morgan fingerprint density at radius 1 is 0.950 bits per heavy atom. The molecule has 2 rings (SSSR count). The lowest BCUT2D eigenvalue weighted by Gasteiger charge is -2.20. The van der Waals surface area contributed by atoms with Crippen LogP contribution in [0.25, 0.3) is 0 Å². The van der Waals surface area contributed by atoms with E-state index < -0.39 is 11.9 Å². The number of nitrogens with one attached hydrogen (secondary N) is 2. The average molecular weight is 318 g/mol. The summed E-state index contributed by atoms with van der Waals surface area (Å²) < 4.78 is 3.41. The Morgan fingerprint density at radius 3 is 1.55 bits per heavy atom. The minimum absolute atomic E-state index is 0.271. The topological polar surface area (TPSA) is 105 Å². The van der Waals surface area contributed by atoms with Crippen molar-refractivity contribution >= 4 is 35.8 Å². The Morgan fingerprint density at radius 2 is 1.30 bits per heavy atom. The number of hydrazine groups is 2. The Kier molecular flexibility index (Phi) is 4.48. The lowest BCUT2D eigenvalue weighted by atomic mass is 10.4. The maximum atomic E-state index is 10.9. The van der Waals surface area contributed by atoms with E-state index in [0.29, 0.717) is 24.5 Å². The van der Waals surface area contributed by atoms with E-state index in [-0.39, 0.29) is 9.81 Å². The fraction of sp³-hybridized carbons (Fsp3) is 0.400. The van der Waals surface area contributed by atoms with E-state index in [9.17, 15) is 9.59 Å². The summed E-state index contributed by atoms with van der Waals surface area (Å²) in [6, 6.07) is 0. The average Bonchev–Trinajstić information content (AvgIpc) is 2.90. The largest absolute Gasteiger partial charge is 0.477 e. The van der Waals surface area contributed by atoms with Crippen molar-refractivity contribution in [3.63, 3.8) is 0 Å². The van der Waals surface area contributed by atoms with Crippen molar-refractivity contribution in [2.24, 2.45) is 0 Å². The Hall–Kier alpha value is -1.36. The number of carbonyl (C=O) groups is 2. The minimum atomic E-state index is -0.957. The van der Waals surface area contributed by atoms with Crippen molar-refractivity contribution in [3.05, 3.63) is 21.2 Å².